The van der Waals surface area contributed by atoms with Crippen LogP contribution < -0.4 is 4.90 Å². The molecule has 0 fully saturated rings. The van der Waals surface area contributed by atoms with Gasteiger partial charge in [-0.25, -0.2) is 8.78 Å². The summed E-state index contributed by atoms with van der Waals surface area (Å²) >= 11 is 0. The molecule has 0 radical (unpaired) electrons. The number of halogens is 2. The van der Waals surface area contributed by atoms with Crippen LogP contribution in [-0.2, 0) is 9.59 Å². The third kappa shape index (κ3) is 2.81. The summed E-state index contributed by atoms with van der Waals surface area (Å²) in [6.45, 7) is 1.56. The Morgan fingerprint density at radius 1 is 1.15 bits per heavy atom. The van der Waals surface area contributed by atoms with Gasteiger partial charge in [-0.1, -0.05) is 19.1 Å². The standard InChI is InChI=1S/C19H15F2NO4/c1-2-15(24)16-17(10-4-3-5-12(23)8-10)22(19(26)18(16)25)14-7-6-11(20)9-13(14)21/h3-9,17,23,25H,2H2,1H3. The number of anilines is 1. The Hall–Kier alpha value is -3.22. The van der Waals surface area contributed by atoms with Gasteiger partial charge in [0.2, 0.25) is 0 Å². The van der Waals surface area contributed by atoms with Crippen LogP contribution in [0.5, 0.6) is 5.75 Å². The summed E-state index contributed by atoms with van der Waals surface area (Å²) in [7, 11) is 0. The van der Waals surface area contributed by atoms with Gasteiger partial charge in [0.25, 0.3) is 5.91 Å². The third-order valence-corrected chi connectivity index (χ3v) is 4.18. The average Bonchev–Trinajstić information content (AvgIpc) is 2.86. The van der Waals surface area contributed by atoms with E-state index < -0.39 is 35.1 Å². The molecule has 1 heterocycles. The second-order valence-corrected chi connectivity index (χ2v) is 5.81. The van der Waals surface area contributed by atoms with Crippen molar-refractivity contribution in [1.82, 2.24) is 0 Å². The molecule has 1 aliphatic rings. The number of benzene rings is 2. The van der Waals surface area contributed by atoms with Gasteiger partial charge in [-0.2, -0.15) is 0 Å². The molecule has 2 N–H and O–H groups in total. The highest BCUT2D eigenvalue weighted by Crippen LogP contribution is 2.42. The highest BCUT2D eigenvalue weighted by molar-refractivity contribution is 6.16. The summed E-state index contributed by atoms with van der Waals surface area (Å²) < 4.78 is 27.6. The van der Waals surface area contributed by atoms with E-state index in [0.717, 1.165) is 17.0 Å². The number of carbonyl (C=O) groups is 2. The van der Waals surface area contributed by atoms with Gasteiger partial charge in [-0.15, -0.1) is 0 Å². The zero-order valence-electron chi connectivity index (χ0n) is 13.7. The Morgan fingerprint density at radius 3 is 2.50 bits per heavy atom. The molecule has 134 valence electrons. The molecule has 0 bridgehead atoms. The van der Waals surface area contributed by atoms with Crippen LogP contribution in [0.3, 0.4) is 0 Å². The molecule has 0 aliphatic carbocycles. The lowest BCUT2D eigenvalue weighted by Crippen LogP contribution is -2.31. The zero-order chi connectivity index (χ0) is 19.0. The molecule has 2 aromatic carbocycles. The first-order valence-corrected chi connectivity index (χ1v) is 7.89. The SMILES string of the molecule is CCC(=O)C1=C(O)C(=O)N(c2ccc(F)cc2F)C1c1cccc(O)c1. The Bertz CT molecular complexity index is 939. The first-order chi connectivity index (χ1) is 12.3. The maximum Gasteiger partial charge on any atom is 0.294 e. The molecule has 26 heavy (non-hydrogen) atoms. The van der Waals surface area contributed by atoms with Crippen LogP contribution in [0.4, 0.5) is 14.5 Å². The maximum absolute atomic E-state index is 14.3. The lowest BCUT2D eigenvalue weighted by molar-refractivity contribution is -0.118. The summed E-state index contributed by atoms with van der Waals surface area (Å²) in [6, 6.07) is 7.25. The monoisotopic (exact) mass is 359 g/mol. The zero-order valence-corrected chi connectivity index (χ0v) is 13.7. The number of aromatic hydroxyl groups is 1. The minimum absolute atomic E-state index is 0.0156. The highest BCUT2D eigenvalue weighted by Gasteiger charge is 2.44. The fourth-order valence-corrected chi connectivity index (χ4v) is 3.02. The lowest BCUT2D eigenvalue weighted by Gasteiger charge is -2.27. The van der Waals surface area contributed by atoms with Crippen molar-refractivity contribution in [2.75, 3.05) is 4.90 Å². The van der Waals surface area contributed by atoms with Gasteiger partial charge in [0.1, 0.15) is 17.4 Å². The molecule has 1 atom stereocenters. The average molecular weight is 359 g/mol. The molecule has 2 aromatic rings. The summed E-state index contributed by atoms with van der Waals surface area (Å²) in [5, 5.41) is 20.0. The summed E-state index contributed by atoms with van der Waals surface area (Å²) in [4.78, 5) is 25.8. The van der Waals surface area contributed by atoms with Crippen molar-refractivity contribution in [2.24, 2.45) is 0 Å². The third-order valence-electron chi connectivity index (χ3n) is 4.18. The number of aliphatic hydroxyl groups is 1. The van der Waals surface area contributed by atoms with E-state index >= 15 is 0 Å². The van der Waals surface area contributed by atoms with E-state index in [9.17, 15) is 28.6 Å². The van der Waals surface area contributed by atoms with Crippen LogP contribution in [-0.4, -0.2) is 21.9 Å². The number of ketones is 1. The number of Topliss-reactive ketones (excluding diaryl/α,β-unsaturated/α-hetero) is 1. The first-order valence-electron chi connectivity index (χ1n) is 7.89. The molecule has 7 heteroatoms. The lowest BCUT2D eigenvalue weighted by atomic mass is 9.94. The first kappa shape index (κ1) is 17.6. The van der Waals surface area contributed by atoms with Crippen molar-refractivity contribution in [3.05, 3.63) is 71.0 Å². The molecule has 1 amide bonds. The second-order valence-electron chi connectivity index (χ2n) is 5.81. The number of nitrogens with zero attached hydrogens (tertiary/aromatic N) is 1. The molecule has 1 aliphatic heterocycles. The number of phenols is 1. The topological polar surface area (TPSA) is 77.8 Å². The molecular weight excluding hydrogens is 344 g/mol. The highest BCUT2D eigenvalue weighted by atomic mass is 19.1. The summed E-state index contributed by atoms with van der Waals surface area (Å²) in [5.41, 5.74) is -0.162. The van der Waals surface area contributed by atoms with Crippen molar-refractivity contribution in [2.45, 2.75) is 19.4 Å². The van der Waals surface area contributed by atoms with Crippen molar-refractivity contribution in [3.63, 3.8) is 0 Å². The smallest absolute Gasteiger partial charge is 0.294 e. The number of aliphatic hydroxyl groups excluding tert-OH is 1. The molecule has 0 saturated heterocycles. The number of hydrogen-bond acceptors (Lipinski definition) is 4. The largest absolute Gasteiger partial charge is 0.508 e. The summed E-state index contributed by atoms with van der Waals surface area (Å²) in [6.07, 6.45) is 0.0156. The number of hydrogen-bond donors (Lipinski definition) is 2. The molecule has 1 unspecified atom stereocenters. The van der Waals surface area contributed by atoms with Crippen molar-refractivity contribution in [1.29, 1.82) is 0 Å². The van der Waals surface area contributed by atoms with Crippen molar-refractivity contribution >= 4 is 17.4 Å². The van der Waals surface area contributed by atoms with Gasteiger partial charge in [0.15, 0.2) is 11.5 Å². The predicted molar refractivity (Wildman–Crippen MR) is 89.6 cm³/mol. The molecule has 3 rings (SSSR count). The molecule has 0 spiro atoms. The fourth-order valence-electron chi connectivity index (χ4n) is 3.02. The van der Waals surface area contributed by atoms with E-state index in [0.29, 0.717) is 11.6 Å². The van der Waals surface area contributed by atoms with Crippen LogP contribution >= 0.6 is 0 Å². The van der Waals surface area contributed by atoms with Crippen LogP contribution in [0.2, 0.25) is 0 Å². The van der Waals surface area contributed by atoms with Gasteiger partial charge in [0.05, 0.1) is 17.3 Å². The van der Waals surface area contributed by atoms with Crippen molar-refractivity contribution in [3.8, 4) is 5.75 Å². The molecule has 0 aromatic heterocycles. The van der Waals surface area contributed by atoms with Crippen LogP contribution in [0.15, 0.2) is 53.8 Å². The van der Waals surface area contributed by atoms with E-state index in [1.54, 1.807) is 6.92 Å². The van der Waals surface area contributed by atoms with Gasteiger partial charge < -0.3 is 10.2 Å². The van der Waals surface area contributed by atoms with Gasteiger partial charge in [-0.3, -0.25) is 14.5 Å². The molecular formula is C19H15F2NO4. The van der Waals surface area contributed by atoms with Crippen LogP contribution in [0.25, 0.3) is 0 Å². The molecule has 0 saturated carbocycles. The number of rotatable bonds is 4. The Labute approximate surface area is 147 Å². The Balaban J connectivity index is 2.23. The second kappa shape index (κ2) is 6.59. The van der Waals surface area contributed by atoms with E-state index in [4.69, 9.17) is 0 Å². The van der Waals surface area contributed by atoms with Crippen LogP contribution in [0, 0.1) is 11.6 Å². The molecule has 5 nitrogen and oxygen atoms in total. The van der Waals surface area contributed by atoms with E-state index in [1.165, 1.54) is 24.3 Å². The number of carbonyl (C=O) groups excluding carboxylic acids is 2. The van der Waals surface area contributed by atoms with Gasteiger partial charge in [0, 0.05) is 12.5 Å². The van der Waals surface area contributed by atoms with E-state index in [1.807, 2.05) is 0 Å². The predicted octanol–water partition coefficient (Wildman–Crippen LogP) is 3.55. The maximum atomic E-state index is 14.3. The van der Waals surface area contributed by atoms with Crippen molar-refractivity contribution < 1.29 is 28.6 Å². The summed E-state index contributed by atoms with van der Waals surface area (Å²) in [5.74, 6) is -4.21. The Kier molecular flexibility index (Phi) is 4.46. The Morgan fingerprint density at radius 2 is 1.88 bits per heavy atom. The van der Waals surface area contributed by atoms with E-state index in [-0.39, 0.29) is 23.4 Å². The number of phenolic OH excluding ortho intramolecular Hbond substituents is 1. The van der Waals surface area contributed by atoms with Crippen LogP contribution in [0.1, 0.15) is 24.9 Å². The van der Waals surface area contributed by atoms with E-state index in [2.05, 4.69) is 0 Å². The van der Waals surface area contributed by atoms with Gasteiger partial charge in [-0.05, 0) is 29.8 Å². The minimum Gasteiger partial charge on any atom is -0.508 e. The fraction of sp³-hybridized carbons (Fsp3) is 0.158. The normalized spacial score (nSPS) is 17.1. The minimum atomic E-state index is -1.14. The number of amides is 1. The van der Waals surface area contributed by atoms with Gasteiger partial charge >= 0.3 is 0 Å². The quantitative estimate of drug-likeness (QED) is 0.875.